The van der Waals surface area contributed by atoms with Gasteiger partial charge in [-0.25, -0.2) is 4.79 Å². The van der Waals surface area contributed by atoms with Gasteiger partial charge in [0.15, 0.2) is 11.5 Å². The number of carbonyl (C=O) groups is 2. The molecule has 0 bridgehead atoms. The van der Waals surface area contributed by atoms with Crippen LogP contribution in [0, 0.1) is 0 Å². The van der Waals surface area contributed by atoms with E-state index >= 15 is 0 Å². The fourth-order valence-electron chi connectivity index (χ4n) is 3.18. The van der Waals surface area contributed by atoms with Gasteiger partial charge < -0.3 is 25.2 Å². The summed E-state index contributed by atoms with van der Waals surface area (Å²) in [6, 6.07) is 3.10. The summed E-state index contributed by atoms with van der Waals surface area (Å²) in [6.45, 7) is 3.54. The highest BCUT2D eigenvalue weighted by Crippen LogP contribution is 2.38. The molecule has 0 spiro atoms. The average Bonchev–Trinajstić information content (AvgIpc) is 2.56. The van der Waals surface area contributed by atoms with Crippen LogP contribution in [0.4, 0.5) is 10.5 Å². The smallest absolute Gasteiger partial charge is 0.319 e. The number of halogens is 1. The van der Waals surface area contributed by atoms with Crippen LogP contribution in [0.5, 0.6) is 11.5 Å². The highest BCUT2D eigenvalue weighted by Gasteiger charge is 2.34. The summed E-state index contributed by atoms with van der Waals surface area (Å²) in [5, 5.41) is 14.9. The van der Waals surface area contributed by atoms with Crippen LogP contribution in [0.2, 0.25) is 5.02 Å². The van der Waals surface area contributed by atoms with Crippen LogP contribution in [0.3, 0.4) is 0 Å². The molecule has 9 heteroatoms. The van der Waals surface area contributed by atoms with Crippen LogP contribution in [-0.4, -0.2) is 60.4 Å². The van der Waals surface area contributed by atoms with Gasteiger partial charge in [0.1, 0.15) is 13.2 Å². The van der Waals surface area contributed by atoms with Crippen molar-refractivity contribution in [2.45, 2.75) is 31.8 Å². The van der Waals surface area contributed by atoms with E-state index in [0.717, 1.165) is 12.8 Å². The number of carboxylic acids is 1. The van der Waals surface area contributed by atoms with Gasteiger partial charge >= 0.3 is 12.0 Å². The lowest BCUT2D eigenvalue weighted by Gasteiger charge is -2.42. The first-order valence-electron chi connectivity index (χ1n) is 8.58. The molecule has 1 aromatic rings. The third-order valence-electron chi connectivity index (χ3n) is 4.59. The number of rotatable bonds is 6. The minimum atomic E-state index is -0.839. The summed E-state index contributed by atoms with van der Waals surface area (Å²) in [7, 11) is 0. The van der Waals surface area contributed by atoms with Crippen molar-refractivity contribution in [3.8, 4) is 11.5 Å². The first-order chi connectivity index (χ1) is 12.5. The van der Waals surface area contributed by atoms with Crippen LogP contribution < -0.4 is 20.1 Å². The van der Waals surface area contributed by atoms with Crippen LogP contribution in [0.1, 0.15) is 19.8 Å². The molecule has 1 aliphatic carbocycles. The zero-order chi connectivity index (χ0) is 18.7. The third-order valence-corrected chi connectivity index (χ3v) is 4.90. The van der Waals surface area contributed by atoms with Gasteiger partial charge in [-0.1, -0.05) is 18.5 Å². The second-order valence-electron chi connectivity index (χ2n) is 6.35. The molecular weight excluding hydrogens is 362 g/mol. The molecule has 0 atom stereocenters. The van der Waals surface area contributed by atoms with E-state index in [1.165, 1.54) is 0 Å². The van der Waals surface area contributed by atoms with Crippen LogP contribution in [0.25, 0.3) is 0 Å². The number of nitrogens with one attached hydrogen (secondary N) is 2. The number of likely N-dealkylation sites (N-methyl/N-ethyl adjacent to an activating group) is 1. The predicted molar refractivity (Wildman–Crippen MR) is 96.3 cm³/mol. The van der Waals surface area contributed by atoms with Crippen molar-refractivity contribution in [3.05, 3.63) is 17.2 Å². The molecule has 1 heterocycles. The topological polar surface area (TPSA) is 100 Å². The number of hydrogen-bond donors (Lipinski definition) is 3. The van der Waals surface area contributed by atoms with Crippen molar-refractivity contribution in [3.63, 3.8) is 0 Å². The Kier molecular flexibility index (Phi) is 5.73. The fourth-order valence-corrected chi connectivity index (χ4v) is 3.38. The molecule has 3 N–H and O–H groups in total. The van der Waals surface area contributed by atoms with E-state index in [9.17, 15) is 9.59 Å². The number of urea groups is 1. The summed E-state index contributed by atoms with van der Waals surface area (Å²) < 4.78 is 10.9. The Balaban J connectivity index is 1.50. The number of nitrogens with zero attached hydrogens (tertiary/aromatic N) is 1. The first-order valence-corrected chi connectivity index (χ1v) is 8.96. The maximum atomic E-state index is 12.2. The molecule has 0 aromatic heterocycles. The van der Waals surface area contributed by atoms with Gasteiger partial charge in [-0.05, 0) is 19.4 Å². The van der Waals surface area contributed by atoms with E-state index < -0.39 is 5.97 Å². The summed E-state index contributed by atoms with van der Waals surface area (Å²) >= 11 is 6.18. The van der Waals surface area contributed by atoms with E-state index in [4.69, 9.17) is 26.2 Å². The Bertz CT molecular complexity index is 693. The maximum Gasteiger partial charge on any atom is 0.319 e. The second-order valence-corrected chi connectivity index (χ2v) is 6.76. The highest BCUT2D eigenvalue weighted by atomic mass is 35.5. The molecule has 1 fully saturated rings. The van der Waals surface area contributed by atoms with E-state index in [2.05, 4.69) is 10.6 Å². The quantitative estimate of drug-likeness (QED) is 0.696. The van der Waals surface area contributed by atoms with Crippen molar-refractivity contribution < 1.29 is 24.2 Å². The van der Waals surface area contributed by atoms with Crippen molar-refractivity contribution in [1.82, 2.24) is 10.2 Å². The number of carboxylic acid groups (broad SMARTS) is 1. The fraction of sp³-hybridized carbons (Fsp3) is 0.529. The number of hydrogen-bond acceptors (Lipinski definition) is 5. The van der Waals surface area contributed by atoms with Gasteiger partial charge in [0.25, 0.3) is 0 Å². The third kappa shape index (κ3) is 4.31. The molecule has 1 saturated carbocycles. The molecule has 8 nitrogen and oxygen atoms in total. The minimum absolute atomic E-state index is 0.0128. The van der Waals surface area contributed by atoms with E-state index in [0.29, 0.717) is 42.0 Å². The number of carbonyl (C=O) groups excluding carboxylic acids is 1. The molecule has 1 aromatic carbocycles. The zero-order valence-corrected chi connectivity index (χ0v) is 15.2. The van der Waals surface area contributed by atoms with Crippen LogP contribution in [0.15, 0.2) is 12.1 Å². The summed E-state index contributed by atoms with van der Waals surface area (Å²) in [5.41, 5.74) is 0.449. The Hall–Kier alpha value is -2.19. The van der Waals surface area contributed by atoms with Crippen molar-refractivity contribution in [1.29, 1.82) is 0 Å². The lowest BCUT2D eigenvalue weighted by Crippen LogP contribution is -2.55. The van der Waals surface area contributed by atoms with Crippen LogP contribution >= 0.6 is 11.6 Å². The lowest BCUT2D eigenvalue weighted by atomic mass is 9.85. The van der Waals surface area contributed by atoms with Crippen LogP contribution in [-0.2, 0) is 4.79 Å². The molecule has 1 aliphatic heterocycles. The molecule has 2 aliphatic rings. The Morgan fingerprint density at radius 1 is 1.27 bits per heavy atom. The van der Waals surface area contributed by atoms with Gasteiger partial charge in [-0.2, -0.15) is 0 Å². The van der Waals surface area contributed by atoms with Gasteiger partial charge in [0, 0.05) is 24.2 Å². The molecular formula is C17H22ClN3O5. The summed E-state index contributed by atoms with van der Waals surface area (Å²) in [4.78, 5) is 25.0. The standard InChI is InChI=1S/C17H22ClN3O5/c1-2-21(9-16(22)23)11-5-10(6-11)19-17(24)20-13-8-15-14(7-12(13)18)25-3-4-26-15/h7-8,10-11H,2-6,9H2,1H3,(H,22,23)(H2,19,20,24). The van der Waals surface area contributed by atoms with Crippen molar-refractivity contribution in [2.24, 2.45) is 0 Å². The molecule has 0 saturated heterocycles. The first kappa shape index (κ1) is 18.6. The number of anilines is 1. The van der Waals surface area contributed by atoms with Gasteiger partial charge in [-0.15, -0.1) is 0 Å². The van der Waals surface area contributed by atoms with E-state index in [1.807, 2.05) is 11.8 Å². The minimum Gasteiger partial charge on any atom is -0.486 e. The number of benzene rings is 1. The predicted octanol–water partition coefficient (Wildman–Crippen LogP) is 2.17. The van der Waals surface area contributed by atoms with E-state index in [1.54, 1.807) is 12.1 Å². The summed E-state index contributed by atoms with van der Waals surface area (Å²) in [6.07, 6.45) is 1.45. The highest BCUT2D eigenvalue weighted by molar-refractivity contribution is 6.34. The van der Waals surface area contributed by atoms with Gasteiger partial charge in [0.2, 0.25) is 0 Å². The lowest BCUT2D eigenvalue weighted by molar-refractivity contribution is -0.139. The molecule has 142 valence electrons. The Morgan fingerprint density at radius 3 is 2.54 bits per heavy atom. The van der Waals surface area contributed by atoms with Gasteiger partial charge in [-0.3, -0.25) is 9.69 Å². The zero-order valence-electron chi connectivity index (χ0n) is 14.5. The average molecular weight is 384 g/mol. The maximum absolute atomic E-state index is 12.2. The summed E-state index contributed by atoms with van der Waals surface area (Å²) in [5.74, 6) is 0.272. The van der Waals surface area contributed by atoms with E-state index in [-0.39, 0.29) is 24.7 Å². The molecule has 26 heavy (non-hydrogen) atoms. The number of ether oxygens (including phenoxy) is 2. The SMILES string of the molecule is CCN(CC(=O)O)C1CC(NC(=O)Nc2cc3c(cc2Cl)OCCO3)C1. The number of fused-ring (bicyclic) bond motifs is 1. The molecule has 0 unspecified atom stereocenters. The van der Waals surface area contributed by atoms with Crippen molar-refractivity contribution in [2.75, 3.05) is 31.6 Å². The van der Waals surface area contributed by atoms with Crippen molar-refractivity contribution >= 4 is 29.3 Å². The number of aliphatic carboxylic acids is 1. The molecule has 0 radical (unpaired) electrons. The van der Waals surface area contributed by atoms with Gasteiger partial charge in [0.05, 0.1) is 17.3 Å². The Labute approximate surface area is 156 Å². The Morgan fingerprint density at radius 2 is 1.92 bits per heavy atom. The largest absolute Gasteiger partial charge is 0.486 e. The molecule has 3 rings (SSSR count). The second kappa shape index (κ2) is 8.01. The number of amides is 2. The monoisotopic (exact) mass is 383 g/mol. The normalized spacial score (nSPS) is 21.0. The molecule has 2 amide bonds.